The normalized spacial score (nSPS) is 14.6. The van der Waals surface area contributed by atoms with Crippen molar-refractivity contribution in [1.29, 1.82) is 0 Å². The Morgan fingerprint density at radius 3 is 2.78 bits per heavy atom. The molecule has 0 spiro atoms. The molecule has 1 amide bonds. The van der Waals surface area contributed by atoms with Crippen molar-refractivity contribution in [3.8, 4) is 22.8 Å². The molecule has 1 aliphatic rings. The van der Waals surface area contributed by atoms with Gasteiger partial charge in [-0.1, -0.05) is 12.8 Å². The molecule has 0 radical (unpaired) electrons. The third-order valence-corrected chi connectivity index (χ3v) is 5.91. The number of imidazole rings is 1. The summed E-state index contributed by atoms with van der Waals surface area (Å²) in [4.78, 5) is 17.9. The Morgan fingerprint density at radius 1 is 1.26 bits per heavy atom. The van der Waals surface area contributed by atoms with Crippen LogP contribution in [-0.4, -0.2) is 35.6 Å². The maximum absolute atomic E-state index is 12.4. The zero-order chi connectivity index (χ0) is 18.8. The highest BCUT2D eigenvalue weighted by Crippen LogP contribution is 2.32. The number of benzene rings is 1. The van der Waals surface area contributed by atoms with E-state index in [1.165, 1.54) is 12.8 Å². The van der Waals surface area contributed by atoms with Crippen LogP contribution in [0.2, 0.25) is 0 Å². The van der Waals surface area contributed by atoms with Crippen molar-refractivity contribution < 1.29 is 14.3 Å². The van der Waals surface area contributed by atoms with Crippen LogP contribution in [0, 0.1) is 0 Å². The molecule has 1 aliphatic carbocycles. The van der Waals surface area contributed by atoms with Crippen LogP contribution in [0.4, 0.5) is 0 Å². The molecule has 2 aromatic heterocycles. The fraction of sp³-hybridized carbons (Fsp3) is 0.400. The van der Waals surface area contributed by atoms with Gasteiger partial charge in [-0.25, -0.2) is 4.98 Å². The van der Waals surface area contributed by atoms with Gasteiger partial charge >= 0.3 is 0 Å². The highest BCUT2D eigenvalue weighted by atomic mass is 32.1. The quantitative estimate of drug-likeness (QED) is 0.703. The van der Waals surface area contributed by atoms with Crippen molar-refractivity contribution in [2.75, 3.05) is 14.2 Å². The molecule has 3 aromatic rings. The molecular formula is C20H23N3O3S. The fourth-order valence-corrected chi connectivity index (χ4v) is 4.48. The molecule has 142 valence electrons. The first kappa shape index (κ1) is 17.9. The molecule has 0 saturated heterocycles. The zero-order valence-electron chi connectivity index (χ0n) is 15.5. The number of amides is 1. The molecule has 7 heteroatoms. The second-order valence-electron chi connectivity index (χ2n) is 6.80. The Balaban J connectivity index is 1.56. The van der Waals surface area contributed by atoms with Crippen molar-refractivity contribution in [3.63, 3.8) is 0 Å². The predicted octanol–water partition coefficient (Wildman–Crippen LogP) is 3.68. The number of methoxy groups -OCH3 is 2. The van der Waals surface area contributed by atoms with Crippen molar-refractivity contribution in [2.24, 2.45) is 0 Å². The van der Waals surface area contributed by atoms with Gasteiger partial charge in [0.05, 0.1) is 26.3 Å². The van der Waals surface area contributed by atoms with Crippen LogP contribution in [0.5, 0.6) is 11.5 Å². The first-order valence-corrected chi connectivity index (χ1v) is 10.0. The topological polar surface area (TPSA) is 64.9 Å². The lowest BCUT2D eigenvalue weighted by molar-refractivity contribution is -0.121. The predicted molar refractivity (Wildman–Crippen MR) is 106 cm³/mol. The molecule has 1 aromatic carbocycles. The third kappa shape index (κ3) is 3.64. The number of thiazole rings is 1. The maximum atomic E-state index is 12.4. The van der Waals surface area contributed by atoms with E-state index >= 15 is 0 Å². The number of hydrogen-bond acceptors (Lipinski definition) is 5. The summed E-state index contributed by atoms with van der Waals surface area (Å²) in [6.07, 6.45) is 6.97. The highest BCUT2D eigenvalue weighted by Gasteiger charge is 2.19. The van der Waals surface area contributed by atoms with Crippen LogP contribution in [0.1, 0.15) is 31.4 Å². The lowest BCUT2D eigenvalue weighted by atomic mass is 10.1. The molecule has 27 heavy (non-hydrogen) atoms. The smallest absolute Gasteiger partial charge is 0.226 e. The Hall–Kier alpha value is -2.54. The van der Waals surface area contributed by atoms with Crippen LogP contribution in [0.25, 0.3) is 16.2 Å². The number of nitrogens with zero attached hydrogens (tertiary/aromatic N) is 2. The van der Waals surface area contributed by atoms with Crippen molar-refractivity contribution in [1.82, 2.24) is 14.7 Å². The number of carbonyl (C=O) groups excluding carboxylic acids is 1. The molecule has 1 N–H and O–H groups in total. The molecule has 1 fully saturated rings. The lowest BCUT2D eigenvalue weighted by Gasteiger charge is -2.11. The van der Waals surface area contributed by atoms with E-state index in [-0.39, 0.29) is 5.91 Å². The Morgan fingerprint density at radius 2 is 2.04 bits per heavy atom. The first-order valence-electron chi connectivity index (χ1n) is 9.15. The summed E-state index contributed by atoms with van der Waals surface area (Å²) in [5.74, 6) is 1.44. The summed E-state index contributed by atoms with van der Waals surface area (Å²) in [6, 6.07) is 6.09. The number of hydrogen-bond donors (Lipinski definition) is 1. The van der Waals surface area contributed by atoms with Crippen LogP contribution in [0.15, 0.2) is 29.8 Å². The average Bonchev–Trinajstić information content (AvgIpc) is 3.40. The molecule has 0 bridgehead atoms. The molecule has 6 nitrogen and oxygen atoms in total. The minimum Gasteiger partial charge on any atom is -0.493 e. The number of fused-ring (bicyclic) bond motifs is 1. The fourth-order valence-electron chi connectivity index (χ4n) is 3.60. The number of rotatable bonds is 6. The van der Waals surface area contributed by atoms with Crippen LogP contribution >= 0.6 is 11.3 Å². The van der Waals surface area contributed by atoms with Gasteiger partial charge in [-0.15, -0.1) is 11.3 Å². The van der Waals surface area contributed by atoms with Crippen molar-refractivity contribution >= 4 is 22.2 Å². The van der Waals surface area contributed by atoms with Gasteiger partial charge in [-0.2, -0.15) is 0 Å². The van der Waals surface area contributed by atoms with E-state index in [0.717, 1.165) is 34.8 Å². The van der Waals surface area contributed by atoms with Gasteiger partial charge < -0.3 is 14.8 Å². The van der Waals surface area contributed by atoms with E-state index in [9.17, 15) is 4.79 Å². The minimum absolute atomic E-state index is 0.0861. The highest BCUT2D eigenvalue weighted by molar-refractivity contribution is 7.15. The summed E-state index contributed by atoms with van der Waals surface area (Å²) in [5, 5.41) is 5.16. The van der Waals surface area contributed by atoms with Gasteiger partial charge in [-0.05, 0) is 31.0 Å². The largest absolute Gasteiger partial charge is 0.493 e. The second-order valence-corrected chi connectivity index (χ2v) is 7.64. The molecule has 0 aliphatic heterocycles. The van der Waals surface area contributed by atoms with Crippen LogP contribution in [-0.2, 0) is 11.2 Å². The third-order valence-electron chi connectivity index (χ3n) is 5.02. The Bertz CT molecular complexity index is 957. The Labute approximate surface area is 162 Å². The SMILES string of the molecule is COc1ccc(-c2cn3c(CC(=O)NC4CCCC4)csc3n2)cc1OC. The summed E-state index contributed by atoms with van der Waals surface area (Å²) in [5.41, 5.74) is 2.76. The molecule has 0 unspecified atom stereocenters. The maximum Gasteiger partial charge on any atom is 0.226 e. The van der Waals surface area contributed by atoms with Crippen LogP contribution < -0.4 is 14.8 Å². The second kappa shape index (κ2) is 7.60. The van der Waals surface area contributed by atoms with Gasteiger partial charge in [0.25, 0.3) is 0 Å². The van der Waals surface area contributed by atoms with Gasteiger partial charge in [0.2, 0.25) is 5.91 Å². The number of ether oxygens (including phenoxy) is 2. The van der Waals surface area contributed by atoms with E-state index in [4.69, 9.17) is 14.5 Å². The van der Waals surface area contributed by atoms with Gasteiger partial charge in [0.15, 0.2) is 16.5 Å². The van der Waals surface area contributed by atoms with Gasteiger partial charge in [0.1, 0.15) is 0 Å². The Kier molecular flexibility index (Phi) is 5.03. The monoisotopic (exact) mass is 385 g/mol. The minimum atomic E-state index is 0.0861. The van der Waals surface area contributed by atoms with Gasteiger partial charge in [-0.3, -0.25) is 9.20 Å². The first-order chi connectivity index (χ1) is 13.2. The standard InChI is InChI=1S/C20H23N3O3S/c1-25-17-8-7-13(9-18(17)26-2)16-11-23-15(12-27-20(23)22-16)10-19(24)21-14-5-3-4-6-14/h7-9,11-12,14H,3-6,10H2,1-2H3,(H,21,24). The van der Waals surface area contributed by atoms with Gasteiger partial charge in [0, 0.05) is 28.9 Å². The van der Waals surface area contributed by atoms with E-state index in [1.54, 1.807) is 25.6 Å². The lowest BCUT2D eigenvalue weighted by Crippen LogP contribution is -2.33. The summed E-state index contributed by atoms with van der Waals surface area (Å²) < 4.78 is 12.7. The molecule has 0 atom stereocenters. The van der Waals surface area contributed by atoms with E-state index in [2.05, 4.69) is 5.32 Å². The van der Waals surface area contributed by atoms with Crippen molar-refractivity contribution in [2.45, 2.75) is 38.1 Å². The van der Waals surface area contributed by atoms with Crippen molar-refractivity contribution in [3.05, 3.63) is 35.5 Å². The van der Waals surface area contributed by atoms with Crippen LogP contribution in [0.3, 0.4) is 0 Å². The number of carbonyl (C=O) groups is 1. The average molecular weight is 385 g/mol. The summed E-state index contributed by atoms with van der Waals surface area (Å²) in [7, 11) is 3.24. The van der Waals surface area contributed by atoms with E-state index in [0.29, 0.717) is 24.0 Å². The number of nitrogens with one attached hydrogen (secondary N) is 1. The summed E-state index contributed by atoms with van der Waals surface area (Å²) >= 11 is 1.55. The summed E-state index contributed by atoms with van der Waals surface area (Å²) in [6.45, 7) is 0. The zero-order valence-corrected chi connectivity index (χ0v) is 16.3. The number of aromatic nitrogens is 2. The van der Waals surface area contributed by atoms with E-state index in [1.807, 2.05) is 34.2 Å². The molecule has 4 rings (SSSR count). The van der Waals surface area contributed by atoms with E-state index < -0.39 is 0 Å². The molecule has 2 heterocycles. The molecular weight excluding hydrogens is 362 g/mol. The molecule has 1 saturated carbocycles.